The van der Waals surface area contributed by atoms with E-state index in [-0.39, 0.29) is 5.56 Å². The fraction of sp³-hybridized carbons (Fsp3) is 0.0714. The van der Waals surface area contributed by atoms with Crippen LogP contribution in [-0.4, -0.2) is 32.8 Å². The van der Waals surface area contributed by atoms with Crippen molar-refractivity contribution in [1.82, 2.24) is 4.68 Å². The second-order valence-electron chi connectivity index (χ2n) is 7.98. The number of thiazole rings is 1. The fourth-order valence-corrected chi connectivity index (χ4v) is 4.74. The number of aromatic hydroxyl groups is 3. The highest BCUT2D eigenvalue weighted by Crippen LogP contribution is 2.36. The normalized spacial score (nSPS) is 12.1. The maximum Gasteiger partial charge on any atom is 0.206 e. The van der Waals surface area contributed by atoms with Crippen LogP contribution in [0.25, 0.3) is 22.0 Å². The molecule has 0 aliphatic carbocycles. The molecule has 0 atom stereocenters. The van der Waals surface area contributed by atoms with Gasteiger partial charge in [0.15, 0.2) is 11.5 Å². The average molecular weight is 482 g/mol. The Hall–Kier alpha value is -4.36. The summed E-state index contributed by atoms with van der Waals surface area (Å²) in [5.41, 5.74) is 3.36. The largest absolute Gasteiger partial charge is 0.504 e. The van der Waals surface area contributed by atoms with Crippen molar-refractivity contribution in [1.29, 1.82) is 0 Å². The van der Waals surface area contributed by atoms with Crippen LogP contribution >= 0.6 is 11.3 Å². The van der Waals surface area contributed by atoms with Crippen LogP contribution in [0.2, 0.25) is 0 Å². The van der Waals surface area contributed by atoms with E-state index in [0.29, 0.717) is 11.3 Å². The summed E-state index contributed by atoms with van der Waals surface area (Å²) in [6, 6.07) is 27.3. The van der Waals surface area contributed by atoms with E-state index < -0.39 is 17.2 Å². The number of rotatable bonds is 6. The van der Waals surface area contributed by atoms with E-state index in [9.17, 15) is 15.3 Å². The molecule has 35 heavy (non-hydrogen) atoms. The highest BCUT2D eigenvalue weighted by Gasteiger charge is 2.12. The highest BCUT2D eigenvalue weighted by atomic mass is 32.1. The molecule has 5 aromatic rings. The summed E-state index contributed by atoms with van der Waals surface area (Å²) < 4.78 is 1.75. The molecule has 0 fully saturated rings. The topological polar surface area (TPSA) is 90.3 Å². The minimum Gasteiger partial charge on any atom is -0.504 e. The predicted octanol–water partition coefficient (Wildman–Crippen LogP) is 5.51. The quantitative estimate of drug-likeness (QED) is 0.221. The lowest BCUT2D eigenvalue weighted by Crippen LogP contribution is -2.13. The Labute approximate surface area is 206 Å². The molecule has 1 aromatic heterocycles. The van der Waals surface area contributed by atoms with Crippen molar-refractivity contribution in [2.45, 2.75) is 6.42 Å². The Kier molecular flexibility index (Phi) is 6.32. The first-order chi connectivity index (χ1) is 17.1. The smallest absolute Gasteiger partial charge is 0.206 e. The zero-order valence-electron chi connectivity index (χ0n) is 18.7. The van der Waals surface area contributed by atoms with Crippen molar-refractivity contribution >= 4 is 28.3 Å². The maximum atomic E-state index is 10.2. The van der Waals surface area contributed by atoms with Gasteiger partial charge in [-0.3, -0.25) is 4.99 Å². The molecule has 0 spiro atoms. The van der Waals surface area contributed by atoms with Gasteiger partial charge in [0.2, 0.25) is 10.6 Å². The number of nitrogens with zero attached hydrogens (tertiary/aromatic N) is 3. The van der Waals surface area contributed by atoms with Crippen molar-refractivity contribution in [3.05, 3.63) is 106 Å². The molecule has 4 aromatic carbocycles. The summed E-state index contributed by atoms with van der Waals surface area (Å²) in [6.45, 7) is 0.597. The Balaban J connectivity index is 1.60. The molecule has 0 saturated heterocycles. The van der Waals surface area contributed by atoms with Gasteiger partial charge in [0.1, 0.15) is 0 Å². The second kappa shape index (κ2) is 9.87. The van der Waals surface area contributed by atoms with Crippen LogP contribution in [0.5, 0.6) is 17.2 Å². The number of fused-ring (bicyclic) bond motifs is 1. The Morgan fingerprint density at radius 3 is 2.43 bits per heavy atom. The van der Waals surface area contributed by atoms with Gasteiger partial charge in [-0.2, -0.15) is 5.10 Å². The van der Waals surface area contributed by atoms with Gasteiger partial charge in [-0.25, -0.2) is 4.68 Å². The van der Waals surface area contributed by atoms with Crippen LogP contribution in [0, 0.1) is 0 Å². The molecule has 5 rings (SSSR count). The molecule has 0 bridgehead atoms. The average Bonchev–Trinajstić information content (AvgIpc) is 3.29. The van der Waals surface area contributed by atoms with Crippen molar-refractivity contribution < 1.29 is 15.3 Å². The molecule has 0 aliphatic rings. The molecule has 3 N–H and O–H groups in total. The van der Waals surface area contributed by atoms with Gasteiger partial charge in [0.05, 0.1) is 11.9 Å². The summed E-state index contributed by atoms with van der Waals surface area (Å²) in [4.78, 5) is 5.52. The van der Waals surface area contributed by atoms with Gasteiger partial charge in [-0.1, -0.05) is 72.8 Å². The number of aromatic nitrogens is 1. The first-order valence-electron chi connectivity index (χ1n) is 11.1. The van der Waals surface area contributed by atoms with E-state index in [1.165, 1.54) is 35.2 Å². The summed E-state index contributed by atoms with van der Waals surface area (Å²) in [7, 11) is 0. The van der Waals surface area contributed by atoms with Gasteiger partial charge in [-0.05, 0) is 34.9 Å². The van der Waals surface area contributed by atoms with E-state index in [2.05, 4.69) is 35.4 Å². The van der Waals surface area contributed by atoms with Crippen LogP contribution in [0.15, 0.2) is 100 Å². The molecule has 0 unspecified atom stereocenters. The predicted molar refractivity (Wildman–Crippen MR) is 140 cm³/mol. The van der Waals surface area contributed by atoms with E-state index in [1.54, 1.807) is 4.68 Å². The first kappa shape index (κ1) is 22.4. The van der Waals surface area contributed by atoms with Crippen molar-refractivity contribution in [3.63, 3.8) is 0 Å². The molecule has 174 valence electrons. The van der Waals surface area contributed by atoms with Crippen LogP contribution in [-0.2, 0) is 6.42 Å². The lowest BCUT2D eigenvalue weighted by Gasteiger charge is -2.08. The van der Waals surface area contributed by atoms with Gasteiger partial charge >= 0.3 is 0 Å². The summed E-state index contributed by atoms with van der Waals surface area (Å²) in [6.07, 6.45) is 2.25. The van der Waals surface area contributed by atoms with Crippen molar-refractivity contribution in [2.75, 3.05) is 6.54 Å². The molecular weight excluding hydrogens is 458 g/mol. The van der Waals surface area contributed by atoms with Gasteiger partial charge < -0.3 is 15.3 Å². The molecular formula is C28H23N3O3S. The Morgan fingerprint density at radius 2 is 1.57 bits per heavy atom. The number of hydrogen-bond acceptors (Lipinski definition) is 6. The Bertz CT molecular complexity index is 1580. The third-order valence-corrected chi connectivity index (χ3v) is 6.57. The minimum absolute atomic E-state index is 0.276. The van der Waals surface area contributed by atoms with E-state index in [4.69, 9.17) is 4.99 Å². The van der Waals surface area contributed by atoms with Crippen LogP contribution in [0.3, 0.4) is 0 Å². The maximum absolute atomic E-state index is 10.2. The van der Waals surface area contributed by atoms with Gasteiger partial charge in [-0.15, -0.1) is 11.3 Å². The fourth-order valence-electron chi connectivity index (χ4n) is 3.89. The first-order valence-corrected chi connectivity index (χ1v) is 12.0. The number of phenols is 3. The second-order valence-corrected chi connectivity index (χ2v) is 8.81. The lowest BCUT2D eigenvalue weighted by atomic mass is 10.0. The van der Waals surface area contributed by atoms with Crippen LogP contribution in [0.1, 0.15) is 11.1 Å². The van der Waals surface area contributed by atoms with Crippen molar-refractivity contribution in [3.8, 4) is 28.5 Å². The van der Waals surface area contributed by atoms with E-state index >= 15 is 0 Å². The standard InChI is InChI=1S/C28H23N3O3S/c32-25-14-13-21(26(33)27(25)34)17-30-31-24(23-12-6-10-20-9-4-5-11-22(20)23)18-35-28(31)29-16-15-19-7-2-1-3-8-19/h1-14,17-18,32-34H,15-16H2. The zero-order chi connectivity index (χ0) is 24.2. The SMILES string of the molecule is Oc1ccc(C=Nn2c(-c3cccc4ccccc34)csc2=NCCc2ccccc2)c(O)c1O. The molecule has 0 saturated carbocycles. The number of benzene rings is 4. The Morgan fingerprint density at radius 1 is 0.800 bits per heavy atom. The molecule has 7 heteroatoms. The third kappa shape index (κ3) is 4.67. The summed E-state index contributed by atoms with van der Waals surface area (Å²) >= 11 is 1.49. The highest BCUT2D eigenvalue weighted by molar-refractivity contribution is 7.07. The lowest BCUT2D eigenvalue weighted by molar-refractivity contribution is 0.367. The van der Waals surface area contributed by atoms with Crippen LogP contribution < -0.4 is 4.80 Å². The summed E-state index contributed by atoms with van der Waals surface area (Å²) in [5.74, 6) is -1.40. The van der Waals surface area contributed by atoms with Crippen molar-refractivity contribution in [2.24, 2.45) is 10.1 Å². The zero-order valence-corrected chi connectivity index (χ0v) is 19.6. The molecule has 0 aliphatic heterocycles. The number of hydrogen-bond donors (Lipinski definition) is 3. The minimum atomic E-state index is -0.577. The monoisotopic (exact) mass is 481 g/mol. The molecule has 0 radical (unpaired) electrons. The van der Waals surface area contributed by atoms with E-state index in [1.807, 2.05) is 47.8 Å². The third-order valence-electron chi connectivity index (χ3n) is 5.71. The van der Waals surface area contributed by atoms with Gasteiger partial charge in [0, 0.05) is 23.1 Å². The number of phenolic OH excluding ortho intramolecular Hbond substituents is 3. The molecule has 6 nitrogen and oxygen atoms in total. The summed E-state index contributed by atoms with van der Waals surface area (Å²) in [5, 5.41) is 38.6. The molecule has 1 heterocycles. The van der Waals surface area contributed by atoms with E-state index in [0.717, 1.165) is 28.5 Å². The molecule has 0 amide bonds. The van der Waals surface area contributed by atoms with Crippen LogP contribution in [0.4, 0.5) is 0 Å². The van der Waals surface area contributed by atoms with Gasteiger partial charge in [0.25, 0.3) is 0 Å².